The molecule has 0 saturated heterocycles. The fourth-order valence-corrected chi connectivity index (χ4v) is 3.39. The maximum atomic E-state index is 13.6. The van der Waals surface area contributed by atoms with Gasteiger partial charge in [-0.1, -0.05) is 49.4 Å². The molecule has 1 N–H and O–H groups in total. The zero-order chi connectivity index (χ0) is 22.6. The summed E-state index contributed by atoms with van der Waals surface area (Å²) in [5, 5.41) is 9.25. The molecule has 3 aromatic rings. The Balaban J connectivity index is 2.12. The molecule has 0 aromatic heterocycles. The predicted molar refractivity (Wildman–Crippen MR) is 111 cm³/mol. The summed E-state index contributed by atoms with van der Waals surface area (Å²) in [6, 6.07) is 17.6. The summed E-state index contributed by atoms with van der Waals surface area (Å²) in [6.07, 6.45) is -4.12. The highest BCUT2D eigenvalue weighted by atomic mass is 19.4. The molecular weight excluding hydrogens is 407 g/mol. The van der Waals surface area contributed by atoms with Crippen molar-refractivity contribution in [3.8, 4) is 0 Å². The zero-order valence-electron chi connectivity index (χ0n) is 16.7. The Morgan fingerprint density at radius 3 is 2.29 bits per heavy atom. The number of halogens is 3. The molecule has 0 saturated carbocycles. The van der Waals surface area contributed by atoms with Gasteiger partial charge < -0.3 is 10.0 Å². The second kappa shape index (κ2) is 9.04. The van der Waals surface area contributed by atoms with Crippen LogP contribution in [0, 0.1) is 0 Å². The molecule has 3 aromatic carbocycles. The van der Waals surface area contributed by atoms with Gasteiger partial charge in [-0.15, -0.1) is 0 Å². The quantitative estimate of drug-likeness (QED) is 0.540. The van der Waals surface area contributed by atoms with E-state index in [2.05, 4.69) is 0 Å². The van der Waals surface area contributed by atoms with E-state index in [9.17, 15) is 27.9 Å². The number of nitrogens with zero attached hydrogens (tertiary/aromatic N) is 1. The van der Waals surface area contributed by atoms with E-state index in [-0.39, 0.29) is 12.1 Å². The number of carboxylic acid groups (broad SMARTS) is 1. The summed E-state index contributed by atoms with van der Waals surface area (Å²) in [6.45, 7) is 1.80. The maximum absolute atomic E-state index is 13.6. The molecular formula is C24H20F3NO3. The Hall–Kier alpha value is -3.61. The topological polar surface area (TPSA) is 57.6 Å². The zero-order valence-corrected chi connectivity index (χ0v) is 16.7. The van der Waals surface area contributed by atoms with Crippen LogP contribution >= 0.6 is 0 Å². The number of aryl methyl sites for hydroxylation is 1. The SMILES string of the molecule is CCc1ccccc1N(Cc1cccc(C(=O)O)c1)C(=O)c1ccccc1C(F)(F)F. The van der Waals surface area contributed by atoms with Crippen LogP contribution < -0.4 is 4.90 Å². The van der Waals surface area contributed by atoms with E-state index in [4.69, 9.17) is 0 Å². The van der Waals surface area contributed by atoms with Gasteiger partial charge in [0.15, 0.2) is 0 Å². The molecule has 0 fully saturated rings. The second-order valence-corrected chi connectivity index (χ2v) is 6.92. The molecule has 0 heterocycles. The first kappa shape index (κ1) is 22.1. The first-order chi connectivity index (χ1) is 14.7. The van der Waals surface area contributed by atoms with Crippen LogP contribution in [0.4, 0.5) is 18.9 Å². The summed E-state index contributed by atoms with van der Waals surface area (Å²) >= 11 is 0. The normalized spacial score (nSPS) is 11.2. The fraction of sp³-hybridized carbons (Fsp3) is 0.167. The number of amides is 1. The number of carbonyl (C=O) groups excluding carboxylic acids is 1. The van der Waals surface area contributed by atoms with Crippen LogP contribution in [0.3, 0.4) is 0 Å². The van der Waals surface area contributed by atoms with Crippen LogP contribution in [0.25, 0.3) is 0 Å². The van der Waals surface area contributed by atoms with Gasteiger partial charge >= 0.3 is 12.1 Å². The van der Waals surface area contributed by atoms with Gasteiger partial charge in [-0.3, -0.25) is 4.79 Å². The standard InChI is InChI=1S/C24H20F3NO3/c1-2-17-9-3-6-13-21(17)28(15-16-8-7-10-18(14-16)23(30)31)22(29)19-11-4-5-12-20(19)24(25,26)27/h3-14H,2,15H2,1H3,(H,30,31). The Bertz CT molecular complexity index is 1110. The van der Waals surface area contributed by atoms with Gasteiger partial charge in [-0.2, -0.15) is 13.2 Å². The molecule has 1 amide bonds. The summed E-state index contributed by atoms with van der Waals surface area (Å²) in [5.74, 6) is -1.94. The average Bonchev–Trinajstić information content (AvgIpc) is 2.76. The van der Waals surface area contributed by atoms with Crippen molar-refractivity contribution in [2.75, 3.05) is 4.90 Å². The first-order valence-electron chi connectivity index (χ1n) is 9.60. The number of hydrogen-bond donors (Lipinski definition) is 1. The molecule has 0 radical (unpaired) electrons. The Morgan fingerprint density at radius 1 is 0.935 bits per heavy atom. The molecule has 0 aliphatic carbocycles. The molecule has 0 bridgehead atoms. The van der Waals surface area contributed by atoms with Crippen molar-refractivity contribution >= 4 is 17.6 Å². The summed E-state index contributed by atoms with van der Waals surface area (Å²) in [7, 11) is 0. The van der Waals surface area contributed by atoms with Crippen molar-refractivity contribution < 1.29 is 27.9 Å². The van der Waals surface area contributed by atoms with Crippen LogP contribution in [0.2, 0.25) is 0 Å². The smallest absolute Gasteiger partial charge is 0.417 e. The molecule has 0 spiro atoms. The molecule has 31 heavy (non-hydrogen) atoms. The second-order valence-electron chi connectivity index (χ2n) is 6.92. The molecule has 0 unspecified atom stereocenters. The van der Waals surface area contributed by atoms with Gasteiger partial charge in [-0.05, 0) is 47.9 Å². The van der Waals surface area contributed by atoms with Crippen molar-refractivity contribution in [3.63, 3.8) is 0 Å². The molecule has 4 nitrogen and oxygen atoms in total. The molecule has 0 atom stereocenters. The van der Waals surface area contributed by atoms with Crippen LogP contribution in [-0.2, 0) is 19.1 Å². The van der Waals surface area contributed by atoms with E-state index in [0.717, 1.165) is 17.7 Å². The third-order valence-electron chi connectivity index (χ3n) is 4.89. The third kappa shape index (κ3) is 4.94. The summed E-state index contributed by atoms with van der Waals surface area (Å²) < 4.78 is 40.7. The third-order valence-corrected chi connectivity index (χ3v) is 4.89. The van der Waals surface area contributed by atoms with E-state index in [1.165, 1.54) is 35.2 Å². The Kier molecular flexibility index (Phi) is 6.44. The van der Waals surface area contributed by atoms with E-state index in [1.807, 2.05) is 6.92 Å². The maximum Gasteiger partial charge on any atom is 0.417 e. The number of alkyl halides is 3. The monoisotopic (exact) mass is 427 g/mol. The van der Waals surface area contributed by atoms with Crippen LogP contribution in [-0.4, -0.2) is 17.0 Å². The highest BCUT2D eigenvalue weighted by Crippen LogP contribution is 2.34. The number of carbonyl (C=O) groups is 2. The number of aromatic carboxylic acids is 1. The Labute approximate surface area is 177 Å². The lowest BCUT2D eigenvalue weighted by atomic mass is 10.0. The van der Waals surface area contributed by atoms with Gasteiger partial charge in [0.1, 0.15) is 0 Å². The lowest BCUT2D eigenvalue weighted by Crippen LogP contribution is -2.33. The molecule has 3 rings (SSSR count). The van der Waals surface area contributed by atoms with Gasteiger partial charge in [0.05, 0.1) is 23.2 Å². The van der Waals surface area contributed by atoms with Gasteiger partial charge in [0, 0.05) is 5.69 Å². The molecule has 7 heteroatoms. The van der Waals surface area contributed by atoms with Gasteiger partial charge in [-0.25, -0.2) is 4.79 Å². The van der Waals surface area contributed by atoms with Crippen molar-refractivity contribution in [1.29, 1.82) is 0 Å². The fourth-order valence-electron chi connectivity index (χ4n) is 3.39. The largest absolute Gasteiger partial charge is 0.478 e. The van der Waals surface area contributed by atoms with Crippen molar-refractivity contribution in [2.45, 2.75) is 26.1 Å². The first-order valence-corrected chi connectivity index (χ1v) is 9.60. The minimum absolute atomic E-state index is 0.0318. The minimum Gasteiger partial charge on any atom is -0.478 e. The van der Waals surface area contributed by atoms with Crippen molar-refractivity contribution in [2.24, 2.45) is 0 Å². The predicted octanol–water partition coefficient (Wildman–Crippen LogP) is 5.81. The van der Waals surface area contributed by atoms with Crippen LogP contribution in [0.5, 0.6) is 0 Å². The van der Waals surface area contributed by atoms with Crippen LogP contribution in [0.15, 0.2) is 72.8 Å². The van der Waals surface area contributed by atoms with Gasteiger partial charge in [0.25, 0.3) is 5.91 Å². The highest BCUT2D eigenvalue weighted by Gasteiger charge is 2.36. The average molecular weight is 427 g/mol. The lowest BCUT2D eigenvalue weighted by Gasteiger charge is -2.27. The lowest BCUT2D eigenvalue weighted by molar-refractivity contribution is -0.137. The van der Waals surface area contributed by atoms with E-state index in [1.54, 1.807) is 30.3 Å². The number of hydrogen-bond acceptors (Lipinski definition) is 2. The summed E-state index contributed by atoms with van der Waals surface area (Å²) in [4.78, 5) is 26.0. The minimum atomic E-state index is -4.69. The number of carboxylic acids is 1. The van der Waals surface area contributed by atoms with Gasteiger partial charge in [0.2, 0.25) is 0 Å². The summed E-state index contributed by atoms with van der Waals surface area (Å²) in [5.41, 5.74) is 0.309. The Morgan fingerprint density at radius 2 is 1.61 bits per heavy atom. The van der Waals surface area contributed by atoms with E-state index >= 15 is 0 Å². The van der Waals surface area contributed by atoms with E-state index < -0.39 is 29.2 Å². The number of rotatable bonds is 6. The van der Waals surface area contributed by atoms with Crippen molar-refractivity contribution in [1.82, 2.24) is 0 Å². The van der Waals surface area contributed by atoms with E-state index in [0.29, 0.717) is 17.7 Å². The number of benzene rings is 3. The molecule has 160 valence electrons. The molecule has 0 aliphatic heterocycles. The highest BCUT2D eigenvalue weighted by molar-refractivity contribution is 6.07. The van der Waals surface area contributed by atoms with Crippen molar-refractivity contribution in [3.05, 3.63) is 101 Å². The molecule has 0 aliphatic rings. The number of anilines is 1. The number of para-hydroxylation sites is 1. The van der Waals surface area contributed by atoms with Crippen LogP contribution in [0.1, 0.15) is 44.3 Å².